The number of thiazole rings is 1. The SMILES string of the molecule is C=C[C@H](Cc1nc2c(s1)CCCC2)c1ccccc1. The zero-order chi connectivity index (χ0) is 13.1. The Hall–Kier alpha value is -1.41. The van der Waals surface area contributed by atoms with Crippen molar-refractivity contribution in [3.8, 4) is 0 Å². The molecule has 1 aromatic heterocycles. The lowest BCUT2D eigenvalue weighted by Gasteiger charge is -2.10. The summed E-state index contributed by atoms with van der Waals surface area (Å²) >= 11 is 1.91. The van der Waals surface area contributed by atoms with Gasteiger partial charge in [-0.25, -0.2) is 4.98 Å². The highest BCUT2D eigenvalue weighted by molar-refractivity contribution is 7.11. The molecule has 0 saturated carbocycles. The molecule has 0 radical (unpaired) electrons. The van der Waals surface area contributed by atoms with E-state index in [0.717, 1.165) is 6.42 Å². The van der Waals surface area contributed by atoms with Crippen LogP contribution in [0.25, 0.3) is 0 Å². The minimum absolute atomic E-state index is 0.383. The van der Waals surface area contributed by atoms with E-state index in [4.69, 9.17) is 4.98 Å². The summed E-state index contributed by atoms with van der Waals surface area (Å²) in [6, 6.07) is 10.6. The molecule has 0 amide bonds. The topological polar surface area (TPSA) is 12.9 Å². The Morgan fingerprint density at radius 2 is 2.00 bits per heavy atom. The summed E-state index contributed by atoms with van der Waals surface area (Å²) in [6.45, 7) is 3.99. The van der Waals surface area contributed by atoms with Gasteiger partial charge in [-0.15, -0.1) is 17.9 Å². The van der Waals surface area contributed by atoms with E-state index in [-0.39, 0.29) is 0 Å². The number of benzene rings is 1. The van der Waals surface area contributed by atoms with E-state index in [1.807, 2.05) is 11.3 Å². The molecule has 0 N–H and O–H groups in total. The van der Waals surface area contributed by atoms with Crippen LogP contribution in [-0.4, -0.2) is 4.98 Å². The molecule has 1 heterocycles. The molecule has 2 heteroatoms. The number of fused-ring (bicyclic) bond motifs is 1. The van der Waals surface area contributed by atoms with Gasteiger partial charge in [0, 0.05) is 17.2 Å². The van der Waals surface area contributed by atoms with Crippen LogP contribution in [0.5, 0.6) is 0 Å². The highest BCUT2D eigenvalue weighted by atomic mass is 32.1. The van der Waals surface area contributed by atoms with Crippen molar-refractivity contribution in [2.75, 3.05) is 0 Å². The van der Waals surface area contributed by atoms with Crippen LogP contribution in [-0.2, 0) is 19.3 Å². The average Bonchev–Trinajstić information content (AvgIpc) is 2.88. The first kappa shape index (κ1) is 12.6. The van der Waals surface area contributed by atoms with Crippen molar-refractivity contribution in [1.82, 2.24) is 4.98 Å². The summed E-state index contributed by atoms with van der Waals surface area (Å²) in [5.41, 5.74) is 2.70. The Kier molecular flexibility index (Phi) is 3.79. The van der Waals surface area contributed by atoms with Crippen molar-refractivity contribution in [3.63, 3.8) is 0 Å². The third kappa shape index (κ3) is 2.79. The van der Waals surface area contributed by atoms with Gasteiger partial charge in [-0.05, 0) is 31.2 Å². The summed E-state index contributed by atoms with van der Waals surface area (Å²) in [7, 11) is 0. The van der Waals surface area contributed by atoms with Gasteiger partial charge in [-0.2, -0.15) is 0 Å². The molecule has 1 aliphatic rings. The van der Waals surface area contributed by atoms with Crippen molar-refractivity contribution >= 4 is 11.3 Å². The zero-order valence-corrected chi connectivity index (χ0v) is 12.0. The molecule has 0 unspecified atom stereocenters. The number of hydrogen-bond donors (Lipinski definition) is 0. The fourth-order valence-corrected chi connectivity index (χ4v) is 3.93. The summed E-state index contributed by atoms with van der Waals surface area (Å²) in [6.07, 6.45) is 8.09. The Morgan fingerprint density at radius 1 is 1.21 bits per heavy atom. The molecule has 3 rings (SSSR count). The van der Waals surface area contributed by atoms with Gasteiger partial charge in [0.2, 0.25) is 0 Å². The number of hydrogen-bond acceptors (Lipinski definition) is 2. The molecule has 0 bridgehead atoms. The summed E-state index contributed by atoms with van der Waals surface area (Å²) < 4.78 is 0. The Balaban J connectivity index is 1.79. The second-order valence-corrected chi connectivity index (χ2v) is 6.31. The Bertz CT molecular complexity index is 532. The maximum atomic E-state index is 4.83. The minimum atomic E-state index is 0.383. The normalized spacial score (nSPS) is 15.8. The molecule has 0 spiro atoms. The van der Waals surface area contributed by atoms with Crippen LogP contribution in [0, 0.1) is 0 Å². The van der Waals surface area contributed by atoms with Crippen LogP contribution < -0.4 is 0 Å². The number of allylic oxidation sites excluding steroid dienone is 1. The number of aromatic nitrogens is 1. The second-order valence-electron chi connectivity index (χ2n) is 5.14. The van der Waals surface area contributed by atoms with E-state index in [1.165, 1.54) is 46.8 Å². The highest BCUT2D eigenvalue weighted by Gasteiger charge is 2.17. The monoisotopic (exact) mass is 269 g/mol. The summed E-state index contributed by atoms with van der Waals surface area (Å²) in [4.78, 5) is 6.36. The lowest BCUT2D eigenvalue weighted by Crippen LogP contribution is -2.01. The lowest BCUT2D eigenvalue weighted by molar-refractivity contribution is 0.679. The Labute approximate surface area is 119 Å². The first-order valence-electron chi connectivity index (χ1n) is 7.02. The van der Waals surface area contributed by atoms with E-state index in [1.54, 1.807) is 0 Å². The maximum Gasteiger partial charge on any atom is 0.0940 e. The van der Waals surface area contributed by atoms with Gasteiger partial charge in [-0.3, -0.25) is 0 Å². The highest BCUT2D eigenvalue weighted by Crippen LogP contribution is 2.30. The zero-order valence-electron chi connectivity index (χ0n) is 11.1. The molecule has 0 aliphatic heterocycles. The predicted octanol–water partition coefficient (Wildman–Crippen LogP) is 4.53. The van der Waals surface area contributed by atoms with Crippen LogP contribution in [0.1, 0.15) is 39.9 Å². The lowest BCUT2D eigenvalue weighted by atomic mass is 9.96. The third-order valence-corrected chi connectivity index (χ3v) is 4.98. The van der Waals surface area contributed by atoms with Crippen LogP contribution in [0.2, 0.25) is 0 Å². The fraction of sp³-hybridized carbons (Fsp3) is 0.353. The molecule has 2 aromatic rings. The van der Waals surface area contributed by atoms with Gasteiger partial charge >= 0.3 is 0 Å². The molecule has 1 nitrogen and oxygen atoms in total. The molecule has 1 aliphatic carbocycles. The Morgan fingerprint density at radius 3 is 2.74 bits per heavy atom. The molecular weight excluding hydrogens is 250 g/mol. The number of aryl methyl sites for hydroxylation is 2. The van der Waals surface area contributed by atoms with Crippen molar-refractivity contribution in [2.24, 2.45) is 0 Å². The number of rotatable bonds is 4. The largest absolute Gasteiger partial charge is 0.246 e. The molecular formula is C17H19NS. The van der Waals surface area contributed by atoms with E-state index in [9.17, 15) is 0 Å². The molecule has 98 valence electrons. The van der Waals surface area contributed by atoms with E-state index < -0.39 is 0 Å². The van der Waals surface area contributed by atoms with Crippen LogP contribution in [0.3, 0.4) is 0 Å². The molecule has 1 aromatic carbocycles. The van der Waals surface area contributed by atoms with Crippen LogP contribution in [0.4, 0.5) is 0 Å². The maximum absolute atomic E-state index is 4.83. The quantitative estimate of drug-likeness (QED) is 0.743. The van der Waals surface area contributed by atoms with Crippen molar-refractivity contribution in [2.45, 2.75) is 38.0 Å². The van der Waals surface area contributed by atoms with Crippen molar-refractivity contribution in [1.29, 1.82) is 0 Å². The van der Waals surface area contributed by atoms with Crippen molar-refractivity contribution < 1.29 is 0 Å². The first-order valence-corrected chi connectivity index (χ1v) is 7.83. The fourth-order valence-electron chi connectivity index (χ4n) is 2.72. The average molecular weight is 269 g/mol. The molecule has 0 fully saturated rings. The third-order valence-electron chi connectivity index (χ3n) is 3.80. The van der Waals surface area contributed by atoms with Gasteiger partial charge in [0.25, 0.3) is 0 Å². The minimum Gasteiger partial charge on any atom is -0.246 e. The van der Waals surface area contributed by atoms with Gasteiger partial charge in [0.15, 0.2) is 0 Å². The molecule has 0 saturated heterocycles. The van der Waals surface area contributed by atoms with Gasteiger partial charge < -0.3 is 0 Å². The molecule has 19 heavy (non-hydrogen) atoms. The molecule has 1 atom stereocenters. The predicted molar refractivity (Wildman–Crippen MR) is 81.8 cm³/mol. The van der Waals surface area contributed by atoms with E-state index in [0.29, 0.717) is 5.92 Å². The van der Waals surface area contributed by atoms with Crippen LogP contribution >= 0.6 is 11.3 Å². The first-order chi connectivity index (χ1) is 9.36. The van der Waals surface area contributed by atoms with Crippen LogP contribution in [0.15, 0.2) is 43.0 Å². The summed E-state index contributed by atoms with van der Waals surface area (Å²) in [5.74, 6) is 0.383. The van der Waals surface area contributed by atoms with E-state index in [2.05, 4.69) is 43.0 Å². The summed E-state index contributed by atoms with van der Waals surface area (Å²) in [5, 5.41) is 1.28. The standard InChI is InChI=1S/C17H19NS/c1-2-13(14-8-4-3-5-9-14)12-17-18-15-10-6-7-11-16(15)19-17/h2-5,8-9,13H,1,6-7,10-12H2/t13-/m1/s1. The second kappa shape index (κ2) is 5.70. The van der Waals surface area contributed by atoms with Gasteiger partial charge in [0.05, 0.1) is 10.7 Å². The van der Waals surface area contributed by atoms with Crippen molar-refractivity contribution in [3.05, 3.63) is 64.1 Å². The smallest absolute Gasteiger partial charge is 0.0940 e. The van der Waals surface area contributed by atoms with Gasteiger partial charge in [-0.1, -0.05) is 36.4 Å². The number of nitrogens with zero attached hydrogens (tertiary/aromatic N) is 1. The van der Waals surface area contributed by atoms with Gasteiger partial charge in [0.1, 0.15) is 0 Å². The van der Waals surface area contributed by atoms with E-state index >= 15 is 0 Å².